The number of nitrogens with one attached hydrogen (secondary N) is 2. The maximum Gasteiger partial charge on any atom is 0.336 e. The van der Waals surface area contributed by atoms with Crippen molar-refractivity contribution in [1.82, 2.24) is 4.72 Å². The molecule has 0 bridgehead atoms. The summed E-state index contributed by atoms with van der Waals surface area (Å²) in [4.78, 5) is 22.0. The van der Waals surface area contributed by atoms with E-state index in [1.54, 1.807) is 0 Å². The van der Waals surface area contributed by atoms with Gasteiger partial charge in [-0.1, -0.05) is 11.6 Å². The Labute approximate surface area is 136 Å². The minimum absolute atomic E-state index is 0.142. The van der Waals surface area contributed by atoms with Gasteiger partial charge < -0.3 is 19.9 Å². The van der Waals surface area contributed by atoms with Crippen LogP contribution in [0.4, 0.5) is 5.69 Å². The third-order valence-corrected chi connectivity index (χ3v) is 4.78. The summed E-state index contributed by atoms with van der Waals surface area (Å²) in [6, 6.07) is 2.38. The van der Waals surface area contributed by atoms with Crippen molar-refractivity contribution in [3.63, 3.8) is 0 Å². The summed E-state index contributed by atoms with van der Waals surface area (Å²) in [6.07, 6.45) is -1.65. The summed E-state index contributed by atoms with van der Waals surface area (Å²) in [5.74, 6) is -1.22. The molecule has 1 amide bonds. The molecule has 1 heterocycles. The Kier molecular flexibility index (Phi) is 5.09. The number of aliphatic hydroxyl groups is 1. The first kappa shape index (κ1) is 17.5. The van der Waals surface area contributed by atoms with Crippen molar-refractivity contribution in [3.05, 3.63) is 17.2 Å². The van der Waals surface area contributed by atoms with E-state index in [1.807, 2.05) is 4.72 Å². The third kappa shape index (κ3) is 3.91. The van der Waals surface area contributed by atoms with Gasteiger partial charge in [0.2, 0.25) is 10.0 Å². The van der Waals surface area contributed by atoms with Gasteiger partial charge in [-0.2, -0.15) is 0 Å². The van der Waals surface area contributed by atoms with E-state index in [2.05, 4.69) is 10.1 Å². The summed E-state index contributed by atoms with van der Waals surface area (Å²) in [7, 11) is -3.06. The highest BCUT2D eigenvalue weighted by Crippen LogP contribution is 2.35. The third-order valence-electron chi connectivity index (χ3n) is 2.90. The topological polar surface area (TPSA) is 131 Å². The van der Waals surface area contributed by atoms with Crippen LogP contribution >= 0.6 is 11.6 Å². The number of anilines is 1. The standard InChI is InChI=1S/C12H13ClN2O7S/c1-21-12(18)8(16)4-14-23(19,20)10-3-9-7(2-6(10)13)15-11(17)5-22-9/h2-3,8,14,16H,4-5H2,1H3,(H,15,17). The quantitative estimate of drug-likeness (QED) is 0.599. The van der Waals surface area contributed by atoms with Crippen molar-refractivity contribution in [2.24, 2.45) is 0 Å². The molecule has 1 aromatic rings. The fraction of sp³-hybridized carbons (Fsp3) is 0.333. The van der Waals surface area contributed by atoms with Crippen molar-refractivity contribution in [1.29, 1.82) is 0 Å². The lowest BCUT2D eigenvalue weighted by atomic mass is 10.2. The van der Waals surface area contributed by atoms with Crippen molar-refractivity contribution in [3.8, 4) is 5.75 Å². The molecular weight excluding hydrogens is 352 g/mol. The van der Waals surface area contributed by atoms with Gasteiger partial charge in [-0.15, -0.1) is 0 Å². The minimum Gasteiger partial charge on any atom is -0.482 e. The summed E-state index contributed by atoms with van der Waals surface area (Å²) in [5.41, 5.74) is 0.250. The molecule has 1 aromatic carbocycles. The Balaban J connectivity index is 2.23. The number of aliphatic hydroxyl groups excluding tert-OH is 1. The maximum atomic E-state index is 12.2. The van der Waals surface area contributed by atoms with Gasteiger partial charge in [-0.3, -0.25) is 4.79 Å². The molecule has 1 aliphatic heterocycles. The predicted molar refractivity (Wildman–Crippen MR) is 78.8 cm³/mol. The molecule has 23 heavy (non-hydrogen) atoms. The molecule has 0 fully saturated rings. The molecule has 2 rings (SSSR count). The van der Waals surface area contributed by atoms with Crippen LogP contribution < -0.4 is 14.8 Å². The van der Waals surface area contributed by atoms with E-state index in [1.165, 1.54) is 6.07 Å². The van der Waals surface area contributed by atoms with Crippen molar-refractivity contribution >= 4 is 39.2 Å². The SMILES string of the molecule is COC(=O)C(O)CNS(=O)(=O)c1cc2c(cc1Cl)NC(=O)CO2. The summed E-state index contributed by atoms with van der Waals surface area (Å²) in [5, 5.41) is 11.7. The molecule has 0 aromatic heterocycles. The van der Waals surface area contributed by atoms with Crippen molar-refractivity contribution in [2.75, 3.05) is 25.6 Å². The zero-order chi connectivity index (χ0) is 17.2. The average molecular weight is 365 g/mol. The summed E-state index contributed by atoms with van der Waals surface area (Å²) < 4.78 is 35.9. The number of benzene rings is 1. The van der Waals surface area contributed by atoms with Crippen LogP contribution in [-0.2, 0) is 24.3 Å². The monoisotopic (exact) mass is 364 g/mol. The van der Waals surface area contributed by atoms with E-state index in [-0.39, 0.29) is 33.9 Å². The number of rotatable bonds is 5. The number of sulfonamides is 1. The molecule has 0 radical (unpaired) electrons. The lowest BCUT2D eigenvalue weighted by Gasteiger charge is -2.19. The lowest BCUT2D eigenvalue weighted by molar-refractivity contribution is -0.149. The fourth-order valence-electron chi connectivity index (χ4n) is 1.77. The molecule has 0 spiro atoms. The first-order chi connectivity index (χ1) is 10.7. The molecule has 126 valence electrons. The highest BCUT2D eigenvalue weighted by molar-refractivity contribution is 7.89. The van der Waals surface area contributed by atoms with Gasteiger partial charge in [0.25, 0.3) is 5.91 Å². The second-order valence-corrected chi connectivity index (χ2v) is 6.65. The molecule has 1 unspecified atom stereocenters. The molecule has 1 atom stereocenters. The number of hydrogen-bond donors (Lipinski definition) is 3. The van der Waals surface area contributed by atoms with E-state index in [0.717, 1.165) is 13.2 Å². The first-order valence-electron chi connectivity index (χ1n) is 6.26. The minimum atomic E-state index is -4.12. The van der Waals surface area contributed by atoms with Gasteiger partial charge in [0.15, 0.2) is 12.7 Å². The highest BCUT2D eigenvalue weighted by Gasteiger charge is 2.26. The lowest BCUT2D eigenvalue weighted by Crippen LogP contribution is -2.37. The number of fused-ring (bicyclic) bond motifs is 1. The Bertz CT molecular complexity index is 750. The van der Waals surface area contributed by atoms with Crippen molar-refractivity contribution < 1.29 is 32.6 Å². The second kappa shape index (κ2) is 6.71. The van der Waals surface area contributed by atoms with Gasteiger partial charge in [0.1, 0.15) is 10.6 Å². The molecule has 1 aliphatic rings. The highest BCUT2D eigenvalue weighted by atomic mass is 35.5. The van der Waals surface area contributed by atoms with Crippen LogP contribution in [0.15, 0.2) is 17.0 Å². The Morgan fingerprint density at radius 2 is 2.26 bits per heavy atom. The van der Waals surface area contributed by atoms with E-state index < -0.39 is 28.6 Å². The number of halogens is 1. The van der Waals surface area contributed by atoms with Crippen LogP contribution in [0.2, 0.25) is 5.02 Å². The number of carbonyl (C=O) groups excluding carboxylic acids is 2. The van der Waals surface area contributed by atoms with Crippen LogP contribution in [0.5, 0.6) is 5.75 Å². The summed E-state index contributed by atoms with van der Waals surface area (Å²) >= 11 is 5.92. The summed E-state index contributed by atoms with van der Waals surface area (Å²) in [6.45, 7) is -0.831. The van der Waals surface area contributed by atoms with Gasteiger partial charge >= 0.3 is 5.97 Å². The molecule has 11 heteroatoms. The first-order valence-corrected chi connectivity index (χ1v) is 8.12. The van der Waals surface area contributed by atoms with E-state index >= 15 is 0 Å². The van der Waals surface area contributed by atoms with E-state index in [4.69, 9.17) is 16.3 Å². The van der Waals surface area contributed by atoms with Crippen LogP contribution in [0, 0.1) is 0 Å². The average Bonchev–Trinajstić information content (AvgIpc) is 2.50. The zero-order valence-corrected chi connectivity index (χ0v) is 13.4. The number of esters is 1. The van der Waals surface area contributed by atoms with Gasteiger partial charge in [-0.05, 0) is 6.07 Å². The number of methoxy groups -OCH3 is 1. The molecule has 0 saturated heterocycles. The molecule has 0 aliphatic carbocycles. The molecule has 9 nitrogen and oxygen atoms in total. The van der Waals surface area contributed by atoms with E-state index in [9.17, 15) is 23.1 Å². The molecule has 0 saturated carbocycles. The number of amides is 1. The van der Waals surface area contributed by atoms with Gasteiger partial charge in [-0.25, -0.2) is 17.9 Å². The van der Waals surface area contributed by atoms with Gasteiger partial charge in [0.05, 0.1) is 17.8 Å². The van der Waals surface area contributed by atoms with Crippen molar-refractivity contribution in [2.45, 2.75) is 11.0 Å². The smallest absolute Gasteiger partial charge is 0.336 e. The fourth-order valence-corrected chi connectivity index (χ4v) is 3.35. The number of carbonyl (C=O) groups is 2. The number of hydrogen-bond acceptors (Lipinski definition) is 7. The number of ether oxygens (including phenoxy) is 2. The van der Waals surface area contributed by atoms with Crippen LogP contribution in [-0.4, -0.2) is 51.8 Å². The zero-order valence-electron chi connectivity index (χ0n) is 11.8. The normalized spacial score (nSPS) is 15.2. The predicted octanol–water partition coefficient (Wildman–Crippen LogP) is -0.517. The Morgan fingerprint density at radius 1 is 1.57 bits per heavy atom. The van der Waals surface area contributed by atoms with Crippen LogP contribution in [0.25, 0.3) is 0 Å². The maximum absolute atomic E-state index is 12.2. The largest absolute Gasteiger partial charge is 0.482 e. The van der Waals surface area contributed by atoms with Crippen LogP contribution in [0.3, 0.4) is 0 Å². The van der Waals surface area contributed by atoms with E-state index in [0.29, 0.717) is 0 Å². The Morgan fingerprint density at radius 3 is 2.91 bits per heavy atom. The van der Waals surface area contributed by atoms with Gasteiger partial charge in [0, 0.05) is 12.6 Å². The van der Waals surface area contributed by atoms with Crippen LogP contribution in [0.1, 0.15) is 0 Å². The molecule has 3 N–H and O–H groups in total. The Hall–Kier alpha value is -1.88. The molecular formula is C12H13ClN2O7S. The second-order valence-electron chi connectivity index (χ2n) is 4.51.